The van der Waals surface area contributed by atoms with Gasteiger partial charge in [-0.15, -0.1) is 0 Å². The maximum absolute atomic E-state index is 12.4. The molecule has 0 aliphatic heterocycles. The van der Waals surface area contributed by atoms with Crippen LogP contribution in [0.2, 0.25) is 5.02 Å². The molecule has 0 aromatic heterocycles. The van der Waals surface area contributed by atoms with E-state index in [-0.39, 0.29) is 11.3 Å². The topological polar surface area (TPSA) is 158 Å². The highest BCUT2D eigenvalue weighted by Gasteiger charge is 2.26. The van der Waals surface area contributed by atoms with Gasteiger partial charge in [0, 0.05) is 6.07 Å². The predicted molar refractivity (Wildman–Crippen MR) is 87.7 cm³/mol. The number of rotatable bonds is 5. The Morgan fingerprint density at radius 3 is 2.24 bits per heavy atom. The predicted octanol–water partition coefficient (Wildman–Crippen LogP) is 2.51. The van der Waals surface area contributed by atoms with Crippen molar-refractivity contribution < 1.29 is 19.4 Å². The van der Waals surface area contributed by atoms with E-state index in [1.54, 1.807) is 0 Å². The first-order valence-electron chi connectivity index (χ1n) is 6.55. The highest BCUT2D eigenvalue weighted by molar-refractivity contribution is 6.36. The van der Waals surface area contributed by atoms with E-state index in [0.717, 1.165) is 6.07 Å². The molecule has 0 unspecified atom stereocenters. The van der Waals surface area contributed by atoms with Crippen LogP contribution in [0.25, 0.3) is 0 Å². The average molecular weight is 365 g/mol. The van der Waals surface area contributed by atoms with Crippen molar-refractivity contribution >= 4 is 40.5 Å². The number of amides is 2. The molecule has 3 N–H and O–H groups in total. The van der Waals surface area contributed by atoms with Crippen LogP contribution in [0.4, 0.5) is 17.1 Å². The Labute approximate surface area is 144 Å². The number of hydrogen-bond acceptors (Lipinski definition) is 6. The Morgan fingerprint density at radius 1 is 1.04 bits per heavy atom. The number of nitrogens with two attached hydrogens (primary N) is 1. The highest BCUT2D eigenvalue weighted by Crippen LogP contribution is 2.33. The van der Waals surface area contributed by atoms with Gasteiger partial charge < -0.3 is 11.1 Å². The second-order valence-electron chi connectivity index (χ2n) is 4.70. The zero-order valence-corrected chi connectivity index (χ0v) is 13.0. The number of para-hydroxylation sites is 1. The molecule has 0 aliphatic carbocycles. The Kier molecular flexibility index (Phi) is 4.94. The Balaban J connectivity index is 2.51. The van der Waals surface area contributed by atoms with Gasteiger partial charge in [0.2, 0.25) is 0 Å². The summed E-state index contributed by atoms with van der Waals surface area (Å²) in [5.74, 6) is -1.78. The first-order chi connectivity index (χ1) is 11.7. The number of halogens is 1. The second kappa shape index (κ2) is 6.93. The standard InChI is InChI=1S/C14H9ClN4O6/c15-12-9(5-7(18(22)23)6-11(12)19(24)25)14(21)17-10-4-2-1-3-8(10)13(16)20/h1-6H,(H2,16,20)(H,17,21). The molecule has 0 spiro atoms. The van der Waals surface area contributed by atoms with Gasteiger partial charge in [0.1, 0.15) is 5.02 Å². The zero-order chi connectivity index (χ0) is 18.7. The molecule has 0 radical (unpaired) electrons. The van der Waals surface area contributed by atoms with Crippen LogP contribution in [0.3, 0.4) is 0 Å². The summed E-state index contributed by atoms with van der Waals surface area (Å²) in [6.07, 6.45) is 0. The summed E-state index contributed by atoms with van der Waals surface area (Å²) in [5, 5.41) is 23.6. The van der Waals surface area contributed by atoms with Crippen molar-refractivity contribution in [3.05, 3.63) is 72.8 Å². The molecule has 2 aromatic rings. The van der Waals surface area contributed by atoms with Gasteiger partial charge in [-0.1, -0.05) is 23.7 Å². The normalized spacial score (nSPS) is 10.1. The van der Waals surface area contributed by atoms with Crippen LogP contribution in [0.1, 0.15) is 20.7 Å². The van der Waals surface area contributed by atoms with Gasteiger partial charge in [-0.25, -0.2) is 0 Å². The van der Waals surface area contributed by atoms with Gasteiger partial charge >= 0.3 is 0 Å². The zero-order valence-electron chi connectivity index (χ0n) is 12.3. The molecule has 0 saturated carbocycles. The van der Waals surface area contributed by atoms with E-state index in [2.05, 4.69) is 5.32 Å². The highest BCUT2D eigenvalue weighted by atomic mass is 35.5. The van der Waals surface area contributed by atoms with E-state index in [9.17, 15) is 29.8 Å². The van der Waals surface area contributed by atoms with Crippen molar-refractivity contribution in [1.82, 2.24) is 0 Å². The molecule has 2 amide bonds. The molecule has 0 fully saturated rings. The number of nitrogens with one attached hydrogen (secondary N) is 1. The van der Waals surface area contributed by atoms with E-state index in [4.69, 9.17) is 17.3 Å². The summed E-state index contributed by atoms with van der Waals surface area (Å²) in [4.78, 5) is 43.8. The Morgan fingerprint density at radius 2 is 1.68 bits per heavy atom. The quantitative estimate of drug-likeness (QED) is 0.612. The number of benzene rings is 2. The van der Waals surface area contributed by atoms with Crippen LogP contribution in [0, 0.1) is 20.2 Å². The first-order valence-corrected chi connectivity index (χ1v) is 6.92. The maximum Gasteiger partial charge on any atom is 0.295 e. The molecule has 25 heavy (non-hydrogen) atoms. The SMILES string of the molecule is NC(=O)c1ccccc1NC(=O)c1cc([N+](=O)[O-])cc([N+](=O)[O-])c1Cl. The second-order valence-corrected chi connectivity index (χ2v) is 5.08. The van der Waals surface area contributed by atoms with Crippen LogP contribution >= 0.6 is 11.6 Å². The smallest absolute Gasteiger partial charge is 0.295 e. The van der Waals surface area contributed by atoms with Gasteiger partial charge in [-0.3, -0.25) is 29.8 Å². The average Bonchev–Trinajstić information content (AvgIpc) is 2.54. The third-order valence-corrected chi connectivity index (χ3v) is 3.53. The van der Waals surface area contributed by atoms with Gasteiger partial charge in [0.15, 0.2) is 0 Å². The van der Waals surface area contributed by atoms with Gasteiger partial charge in [-0.05, 0) is 12.1 Å². The lowest BCUT2D eigenvalue weighted by molar-refractivity contribution is -0.394. The van der Waals surface area contributed by atoms with E-state index in [1.807, 2.05) is 0 Å². The van der Waals surface area contributed by atoms with Crippen molar-refractivity contribution in [3.8, 4) is 0 Å². The number of carbonyl (C=O) groups excluding carboxylic acids is 2. The largest absolute Gasteiger partial charge is 0.366 e. The molecular formula is C14H9ClN4O6. The lowest BCUT2D eigenvalue weighted by atomic mass is 10.1. The van der Waals surface area contributed by atoms with Crippen LogP contribution in [-0.2, 0) is 0 Å². The van der Waals surface area contributed by atoms with E-state index in [1.165, 1.54) is 24.3 Å². The van der Waals surface area contributed by atoms with Crippen molar-refractivity contribution in [2.24, 2.45) is 5.73 Å². The minimum atomic E-state index is -0.967. The van der Waals surface area contributed by atoms with Gasteiger partial charge in [-0.2, -0.15) is 0 Å². The molecule has 11 heteroatoms. The molecule has 0 saturated heterocycles. The molecular weight excluding hydrogens is 356 g/mol. The third-order valence-electron chi connectivity index (χ3n) is 3.13. The molecule has 0 aliphatic rings. The third kappa shape index (κ3) is 3.70. The summed E-state index contributed by atoms with van der Waals surface area (Å²) >= 11 is 5.83. The first kappa shape index (κ1) is 17.8. The summed E-state index contributed by atoms with van der Waals surface area (Å²) in [6, 6.07) is 7.21. The fraction of sp³-hybridized carbons (Fsp3) is 0. The molecule has 0 heterocycles. The molecule has 128 valence electrons. The minimum absolute atomic E-state index is 0.00750. The number of anilines is 1. The summed E-state index contributed by atoms with van der Waals surface area (Å²) in [6.45, 7) is 0. The molecule has 10 nitrogen and oxygen atoms in total. The minimum Gasteiger partial charge on any atom is -0.366 e. The molecule has 0 bridgehead atoms. The van der Waals surface area contributed by atoms with E-state index >= 15 is 0 Å². The van der Waals surface area contributed by atoms with Crippen LogP contribution in [0.5, 0.6) is 0 Å². The fourth-order valence-corrected chi connectivity index (χ4v) is 2.26. The summed E-state index contributed by atoms with van der Waals surface area (Å²) in [7, 11) is 0. The van der Waals surface area contributed by atoms with Crippen molar-refractivity contribution in [3.63, 3.8) is 0 Å². The van der Waals surface area contributed by atoms with Crippen LogP contribution < -0.4 is 11.1 Å². The maximum atomic E-state index is 12.4. The number of nitrogens with zero attached hydrogens (tertiary/aromatic N) is 2. The molecule has 2 aromatic carbocycles. The Hall–Kier alpha value is -3.53. The van der Waals surface area contributed by atoms with Crippen molar-refractivity contribution in [2.45, 2.75) is 0 Å². The van der Waals surface area contributed by atoms with E-state index in [0.29, 0.717) is 6.07 Å². The van der Waals surface area contributed by atoms with Crippen LogP contribution in [-0.4, -0.2) is 21.7 Å². The van der Waals surface area contributed by atoms with Gasteiger partial charge in [0.05, 0.1) is 32.7 Å². The number of hydrogen-bond donors (Lipinski definition) is 2. The lowest BCUT2D eigenvalue weighted by Gasteiger charge is -2.10. The number of primary amides is 1. The van der Waals surface area contributed by atoms with Crippen LogP contribution in [0.15, 0.2) is 36.4 Å². The number of nitro groups is 2. The van der Waals surface area contributed by atoms with Crippen molar-refractivity contribution in [1.29, 1.82) is 0 Å². The molecule has 2 rings (SSSR count). The van der Waals surface area contributed by atoms with Crippen molar-refractivity contribution in [2.75, 3.05) is 5.32 Å². The number of carbonyl (C=O) groups is 2. The monoisotopic (exact) mass is 364 g/mol. The number of nitro benzene ring substituents is 2. The number of non-ortho nitro benzene ring substituents is 1. The summed E-state index contributed by atoms with van der Waals surface area (Å²) < 4.78 is 0. The fourth-order valence-electron chi connectivity index (χ4n) is 1.99. The lowest BCUT2D eigenvalue weighted by Crippen LogP contribution is -2.18. The summed E-state index contributed by atoms with van der Waals surface area (Å²) in [5.41, 5.74) is 3.27. The van der Waals surface area contributed by atoms with E-state index < -0.39 is 43.6 Å². The Bertz CT molecular complexity index is 914. The molecule has 0 atom stereocenters. The van der Waals surface area contributed by atoms with Gasteiger partial charge in [0.25, 0.3) is 23.2 Å².